The average molecular weight is 313 g/mol. The summed E-state index contributed by atoms with van der Waals surface area (Å²) >= 11 is 7.61. The number of thioether (sulfide) groups is 1. The molecule has 0 atom stereocenters. The van der Waals surface area contributed by atoms with Crippen LogP contribution in [-0.2, 0) is 10.5 Å². The molecular weight excluding hydrogens is 292 g/mol. The molecule has 1 amide bonds. The Morgan fingerprint density at radius 3 is 2.95 bits per heavy atom. The molecule has 0 bridgehead atoms. The Bertz CT molecular complexity index is 455. The van der Waals surface area contributed by atoms with Gasteiger partial charge in [0.1, 0.15) is 0 Å². The van der Waals surface area contributed by atoms with E-state index in [4.69, 9.17) is 11.6 Å². The van der Waals surface area contributed by atoms with Crippen LogP contribution in [0.5, 0.6) is 0 Å². The number of nitrogens with zero attached hydrogens (tertiary/aromatic N) is 2. The first-order chi connectivity index (χ1) is 9.65. The second-order valence-corrected chi connectivity index (χ2v) is 6.58. The van der Waals surface area contributed by atoms with Gasteiger partial charge in [-0.25, -0.2) is 0 Å². The summed E-state index contributed by atoms with van der Waals surface area (Å²) < 4.78 is 0. The van der Waals surface area contributed by atoms with Crippen molar-refractivity contribution >= 4 is 29.3 Å². The van der Waals surface area contributed by atoms with Gasteiger partial charge in [0, 0.05) is 30.4 Å². The molecule has 5 heteroatoms. The molecule has 0 spiro atoms. The third-order valence-electron chi connectivity index (χ3n) is 3.46. The number of amides is 1. The average Bonchev–Trinajstić information content (AvgIpc) is 2.63. The smallest absolute Gasteiger partial charge is 0.232 e. The van der Waals surface area contributed by atoms with Crippen molar-refractivity contribution in [1.82, 2.24) is 9.80 Å². The second-order valence-electron chi connectivity index (χ2n) is 5.16. The Kier molecular flexibility index (Phi) is 6.20. The number of rotatable bonds is 4. The van der Waals surface area contributed by atoms with Gasteiger partial charge in [0.05, 0.1) is 5.75 Å². The summed E-state index contributed by atoms with van der Waals surface area (Å²) in [5, 5.41) is 0.755. The van der Waals surface area contributed by atoms with Gasteiger partial charge in [-0.05, 0) is 37.7 Å². The van der Waals surface area contributed by atoms with E-state index < -0.39 is 0 Å². The van der Waals surface area contributed by atoms with Crippen molar-refractivity contribution in [2.45, 2.75) is 12.2 Å². The Balaban J connectivity index is 1.74. The van der Waals surface area contributed by atoms with E-state index in [9.17, 15) is 4.79 Å². The summed E-state index contributed by atoms with van der Waals surface area (Å²) in [6, 6.07) is 7.82. The molecule has 1 saturated heterocycles. The highest BCUT2D eigenvalue weighted by Gasteiger charge is 2.16. The van der Waals surface area contributed by atoms with Gasteiger partial charge in [0.15, 0.2) is 0 Å². The molecule has 1 aromatic carbocycles. The van der Waals surface area contributed by atoms with E-state index in [0.717, 1.165) is 43.4 Å². The quantitative estimate of drug-likeness (QED) is 0.854. The minimum absolute atomic E-state index is 0.257. The number of carbonyl (C=O) groups is 1. The van der Waals surface area contributed by atoms with E-state index in [1.54, 1.807) is 11.8 Å². The van der Waals surface area contributed by atoms with Gasteiger partial charge in [0.25, 0.3) is 0 Å². The van der Waals surface area contributed by atoms with Crippen molar-refractivity contribution in [3.8, 4) is 0 Å². The van der Waals surface area contributed by atoms with E-state index >= 15 is 0 Å². The Morgan fingerprint density at radius 1 is 1.30 bits per heavy atom. The Hall–Kier alpha value is -0.710. The largest absolute Gasteiger partial charge is 0.341 e. The molecule has 3 nitrogen and oxygen atoms in total. The zero-order chi connectivity index (χ0) is 14.4. The summed E-state index contributed by atoms with van der Waals surface area (Å²) in [5.41, 5.74) is 1.17. The maximum absolute atomic E-state index is 12.2. The molecule has 0 unspecified atom stereocenters. The van der Waals surface area contributed by atoms with Crippen molar-refractivity contribution in [1.29, 1.82) is 0 Å². The van der Waals surface area contributed by atoms with Gasteiger partial charge in [-0.15, -0.1) is 11.8 Å². The number of likely N-dealkylation sites (N-methyl/N-ethyl adjacent to an activating group) is 1. The molecule has 1 heterocycles. The summed E-state index contributed by atoms with van der Waals surface area (Å²) in [4.78, 5) is 16.5. The predicted molar refractivity (Wildman–Crippen MR) is 86.3 cm³/mol. The van der Waals surface area contributed by atoms with Crippen LogP contribution in [0.1, 0.15) is 12.0 Å². The first kappa shape index (κ1) is 15.7. The Labute approximate surface area is 130 Å². The lowest BCUT2D eigenvalue weighted by atomic mass is 10.2. The molecule has 110 valence electrons. The topological polar surface area (TPSA) is 23.6 Å². The summed E-state index contributed by atoms with van der Waals surface area (Å²) in [7, 11) is 2.11. The summed E-state index contributed by atoms with van der Waals surface area (Å²) in [5.74, 6) is 1.64. The molecular formula is C15H21ClN2OS. The third-order valence-corrected chi connectivity index (χ3v) is 4.68. The zero-order valence-corrected chi connectivity index (χ0v) is 13.4. The van der Waals surface area contributed by atoms with Crippen LogP contribution in [0.3, 0.4) is 0 Å². The lowest BCUT2D eigenvalue weighted by Crippen LogP contribution is -2.35. The molecule has 0 aromatic heterocycles. The van der Waals surface area contributed by atoms with Crippen molar-refractivity contribution in [3.63, 3.8) is 0 Å². The maximum atomic E-state index is 12.2. The SMILES string of the molecule is CN1CCCN(C(=O)CSCc2cccc(Cl)c2)CC1. The molecule has 0 radical (unpaired) electrons. The molecule has 20 heavy (non-hydrogen) atoms. The van der Waals surface area contributed by atoms with E-state index in [-0.39, 0.29) is 5.91 Å². The molecule has 0 N–H and O–H groups in total. The zero-order valence-electron chi connectivity index (χ0n) is 11.8. The van der Waals surface area contributed by atoms with Crippen molar-refractivity contribution in [2.75, 3.05) is 39.0 Å². The standard InChI is InChI=1S/C15H21ClN2OS/c1-17-6-3-7-18(9-8-17)15(19)12-20-11-13-4-2-5-14(16)10-13/h2,4-5,10H,3,6-9,11-12H2,1H3. The van der Waals surface area contributed by atoms with Crippen LogP contribution in [0.2, 0.25) is 5.02 Å². The fraction of sp³-hybridized carbons (Fsp3) is 0.533. The second kappa shape index (κ2) is 7.91. The lowest BCUT2D eigenvalue weighted by molar-refractivity contribution is -0.128. The van der Waals surface area contributed by atoms with Gasteiger partial charge in [0.2, 0.25) is 5.91 Å². The van der Waals surface area contributed by atoms with Crippen LogP contribution in [0.15, 0.2) is 24.3 Å². The molecule has 1 aliphatic heterocycles. The molecule has 0 saturated carbocycles. The summed E-state index contributed by atoms with van der Waals surface area (Å²) in [6.45, 7) is 3.80. The normalized spacial score (nSPS) is 17.0. The fourth-order valence-electron chi connectivity index (χ4n) is 2.27. The number of halogens is 1. The molecule has 1 aromatic rings. The van der Waals surface area contributed by atoms with Gasteiger partial charge in [-0.2, -0.15) is 0 Å². The highest BCUT2D eigenvalue weighted by molar-refractivity contribution is 7.99. The van der Waals surface area contributed by atoms with Crippen LogP contribution >= 0.6 is 23.4 Å². The van der Waals surface area contributed by atoms with Gasteiger partial charge in [-0.1, -0.05) is 23.7 Å². The lowest BCUT2D eigenvalue weighted by Gasteiger charge is -2.20. The number of carbonyl (C=O) groups excluding carboxylic acids is 1. The first-order valence-corrected chi connectivity index (χ1v) is 8.47. The highest BCUT2D eigenvalue weighted by atomic mass is 35.5. The molecule has 2 rings (SSSR count). The Morgan fingerprint density at radius 2 is 2.15 bits per heavy atom. The van der Waals surface area contributed by atoms with Crippen molar-refractivity contribution in [2.24, 2.45) is 0 Å². The van der Waals surface area contributed by atoms with Crippen molar-refractivity contribution < 1.29 is 4.79 Å². The van der Waals surface area contributed by atoms with Gasteiger partial charge >= 0.3 is 0 Å². The number of benzene rings is 1. The molecule has 0 aliphatic carbocycles. The van der Waals surface area contributed by atoms with Crippen LogP contribution in [0.25, 0.3) is 0 Å². The molecule has 1 aliphatic rings. The summed E-state index contributed by atoms with van der Waals surface area (Å²) in [6.07, 6.45) is 1.07. The monoisotopic (exact) mass is 312 g/mol. The minimum atomic E-state index is 0.257. The van der Waals surface area contributed by atoms with E-state index in [1.807, 2.05) is 29.2 Å². The maximum Gasteiger partial charge on any atom is 0.232 e. The highest BCUT2D eigenvalue weighted by Crippen LogP contribution is 2.17. The number of hydrogen-bond donors (Lipinski definition) is 0. The molecule has 1 fully saturated rings. The van der Waals surface area contributed by atoms with E-state index in [0.29, 0.717) is 5.75 Å². The van der Waals surface area contributed by atoms with Crippen molar-refractivity contribution in [3.05, 3.63) is 34.9 Å². The van der Waals surface area contributed by atoms with Crippen LogP contribution in [0.4, 0.5) is 0 Å². The third kappa shape index (κ3) is 5.00. The van der Waals surface area contributed by atoms with E-state index in [2.05, 4.69) is 11.9 Å². The van der Waals surface area contributed by atoms with Crippen LogP contribution in [-0.4, -0.2) is 54.7 Å². The van der Waals surface area contributed by atoms with E-state index in [1.165, 1.54) is 5.56 Å². The van der Waals surface area contributed by atoms with Crippen LogP contribution < -0.4 is 0 Å². The minimum Gasteiger partial charge on any atom is -0.341 e. The van der Waals surface area contributed by atoms with Gasteiger partial charge < -0.3 is 9.80 Å². The predicted octanol–water partition coefficient (Wildman–Crippen LogP) is 2.74. The number of hydrogen-bond acceptors (Lipinski definition) is 3. The fourth-order valence-corrected chi connectivity index (χ4v) is 3.36. The van der Waals surface area contributed by atoms with Gasteiger partial charge in [-0.3, -0.25) is 4.79 Å². The first-order valence-electron chi connectivity index (χ1n) is 6.93. The van der Waals surface area contributed by atoms with Crippen LogP contribution in [0, 0.1) is 0 Å².